The minimum atomic E-state index is -0.232. The van der Waals surface area contributed by atoms with Gasteiger partial charge < -0.3 is 9.88 Å². The fraction of sp³-hybridized carbons (Fsp3) is 0.650. The number of hydrogen-bond acceptors (Lipinski definition) is 4. The summed E-state index contributed by atoms with van der Waals surface area (Å²) >= 11 is 1.55. The number of anilines is 1. The molecule has 0 unspecified atom stereocenters. The summed E-state index contributed by atoms with van der Waals surface area (Å²) in [7, 11) is 0. The molecule has 0 spiro atoms. The first-order chi connectivity index (χ1) is 12.9. The summed E-state index contributed by atoms with van der Waals surface area (Å²) in [6.07, 6.45) is 8.02. The van der Waals surface area contributed by atoms with E-state index in [0.29, 0.717) is 6.04 Å². The van der Waals surface area contributed by atoms with Crippen LogP contribution in [0.5, 0.6) is 0 Å². The van der Waals surface area contributed by atoms with Gasteiger partial charge in [-0.1, -0.05) is 31.0 Å². The second-order valence-corrected chi connectivity index (χ2v) is 9.04. The highest BCUT2D eigenvalue weighted by Gasteiger charge is 2.25. The first kappa shape index (κ1) is 20.0. The molecule has 148 valence electrons. The van der Waals surface area contributed by atoms with Crippen LogP contribution in [0.25, 0.3) is 0 Å². The van der Waals surface area contributed by atoms with E-state index in [4.69, 9.17) is 4.98 Å². The van der Waals surface area contributed by atoms with E-state index in [9.17, 15) is 4.79 Å². The van der Waals surface area contributed by atoms with E-state index in [2.05, 4.69) is 28.8 Å². The first-order valence-electron chi connectivity index (χ1n) is 9.95. The van der Waals surface area contributed by atoms with Crippen LogP contribution in [0.2, 0.25) is 0 Å². The number of imidazole rings is 1. The van der Waals surface area contributed by atoms with Crippen LogP contribution in [0, 0.1) is 13.8 Å². The van der Waals surface area contributed by atoms with Crippen molar-refractivity contribution in [3.05, 3.63) is 23.7 Å². The monoisotopic (exact) mass is 389 g/mol. The smallest absolute Gasteiger partial charge is 0.238 e. The molecule has 2 heterocycles. The Morgan fingerprint density at radius 3 is 2.59 bits per heavy atom. The summed E-state index contributed by atoms with van der Waals surface area (Å²) in [6.45, 7) is 10.2. The van der Waals surface area contributed by atoms with E-state index in [-0.39, 0.29) is 17.2 Å². The third-order valence-electron chi connectivity index (χ3n) is 5.36. The molecule has 2 aromatic heterocycles. The van der Waals surface area contributed by atoms with Gasteiger partial charge in [0.1, 0.15) is 5.82 Å². The summed E-state index contributed by atoms with van der Waals surface area (Å²) in [4.78, 5) is 17.5. The van der Waals surface area contributed by atoms with E-state index in [1.54, 1.807) is 18.0 Å². The third-order valence-corrected chi connectivity index (χ3v) is 6.42. The van der Waals surface area contributed by atoms with Crippen molar-refractivity contribution in [1.82, 2.24) is 19.3 Å². The maximum Gasteiger partial charge on any atom is 0.238 e. The van der Waals surface area contributed by atoms with Crippen LogP contribution in [-0.4, -0.2) is 30.5 Å². The van der Waals surface area contributed by atoms with Crippen molar-refractivity contribution in [3.8, 4) is 0 Å². The van der Waals surface area contributed by atoms with Crippen molar-refractivity contribution < 1.29 is 4.79 Å². The second-order valence-electron chi connectivity index (χ2n) is 7.73. The van der Waals surface area contributed by atoms with Gasteiger partial charge in [0.2, 0.25) is 5.91 Å². The fourth-order valence-corrected chi connectivity index (χ4v) is 4.78. The Morgan fingerprint density at radius 1 is 1.22 bits per heavy atom. The van der Waals surface area contributed by atoms with E-state index < -0.39 is 0 Å². The number of aryl methyl sites for hydroxylation is 1. The first-order valence-corrected chi connectivity index (χ1v) is 10.8. The van der Waals surface area contributed by atoms with Crippen molar-refractivity contribution in [1.29, 1.82) is 0 Å². The molecule has 0 bridgehead atoms. The molecular weight excluding hydrogens is 358 g/mol. The standard InChI is InChI=1S/C20H31N5OS/c1-13(2)25-18(11-12-21-25)23-19(26)16(5)27-20-22-14(3)15(4)24(20)17-9-7-6-8-10-17/h11-13,16-17H,6-10H2,1-5H3,(H,23,26)/t16-/m1/s1. The number of nitrogens with one attached hydrogen (secondary N) is 1. The van der Waals surface area contributed by atoms with Crippen LogP contribution in [0.1, 0.15) is 76.3 Å². The number of amides is 1. The van der Waals surface area contributed by atoms with Crippen LogP contribution in [0.4, 0.5) is 5.82 Å². The van der Waals surface area contributed by atoms with Crippen molar-refractivity contribution in [2.45, 2.75) is 89.2 Å². The Kier molecular flexibility index (Phi) is 6.29. The highest BCUT2D eigenvalue weighted by atomic mass is 32.2. The zero-order valence-corrected chi connectivity index (χ0v) is 17.8. The van der Waals surface area contributed by atoms with Gasteiger partial charge in [-0.25, -0.2) is 9.67 Å². The number of carbonyl (C=O) groups is 1. The molecule has 1 saturated carbocycles. The maximum absolute atomic E-state index is 12.8. The van der Waals surface area contributed by atoms with Crippen LogP contribution < -0.4 is 5.32 Å². The summed E-state index contributed by atoms with van der Waals surface area (Å²) in [6, 6.07) is 2.56. The van der Waals surface area contributed by atoms with Crippen molar-refractivity contribution in [3.63, 3.8) is 0 Å². The van der Waals surface area contributed by atoms with Gasteiger partial charge in [-0.15, -0.1) is 0 Å². The lowest BCUT2D eigenvalue weighted by atomic mass is 9.95. The largest absolute Gasteiger partial charge is 0.320 e. The number of hydrogen-bond donors (Lipinski definition) is 1. The molecule has 2 aromatic rings. The molecule has 0 radical (unpaired) electrons. The SMILES string of the molecule is Cc1nc(S[C@H](C)C(=O)Nc2ccnn2C(C)C)n(C2CCCCC2)c1C. The van der Waals surface area contributed by atoms with Crippen molar-refractivity contribution in [2.75, 3.05) is 5.32 Å². The molecule has 1 amide bonds. The lowest BCUT2D eigenvalue weighted by molar-refractivity contribution is -0.115. The van der Waals surface area contributed by atoms with Crippen molar-refractivity contribution >= 4 is 23.5 Å². The Balaban J connectivity index is 1.73. The minimum Gasteiger partial charge on any atom is -0.320 e. The maximum atomic E-state index is 12.8. The molecular formula is C20H31N5OS. The summed E-state index contributed by atoms with van der Waals surface area (Å²) in [5.74, 6) is 0.723. The van der Waals surface area contributed by atoms with Crippen molar-refractivity contribution in [2.24, 2.45) is 0 Å². The van der Waals surface area contributed by atoms with E-state index in [0.717, 1.165) is 16.7 Å². The van der Waals surface area contributed by atoms with E-state index in [1.165, 1.54) is 37.8 Å². The number of nitrogens with zero attached hydrogens (tertiary/aromatic N) is 4. The average Bonchev–Trinajstić information content (AvgIpc) is 3.20. The lowest BCUT2D eigenvalue weighted by Gasteiger charge is -2.26. The second kappa shape index (κ2) is 8.50. The molecule has 0 saturated heterocycles. The van der Waals surface area contributed by atoms with E-state index in [1.807, 2.05) is 31.5 Å². The molecule has 6 nitrogen and oxygen atoms in total. The average molecular weight is 390 g/mol. The fourth-order valence-electron chi connectivity index (χ4n) is 3.71. The predicted molar refractivity (Wildman–Crippen MR) is 110 cm³/mol. The molecule has 1 atom stereocenters. The topological polar surface area (TPSA) is 64.7 Å². The van der Waals surface area contributed by atoms with Crippen LogP contribution in [-0.2, 0) is 4.79 Å². The normalized spacial score (nSPS) is 16.7. The zero-order valence-electron chi connectivity index (χ0n) is 17.0. The molecule has 27 heavy (non-hydrogen) atoms. The van der Waals surface area contributed by atoms with Gasteiger partial charge in [-0.05, 0) is 47.5 Å². The molecule has 1 fully saturated rings. The molecule has 3 rings (SSSR count). The quantitative estimate of drug-likeness (QED) is 0.714. The van der Waals surface area contributed by atoms with Gasteiger partial charge in [0.05, 0.1) is 17.1 Å². The molecule has 0 aliphatic heterocycles. The van der Waals surface area contributed by atoms with Gasteiger partial charge in [-0.2, -0.15) is 5.10 Å². The zero-order chi connectivity index (χ0) is 19.6. The predicted octanol–water partition coefficient (Wildman–Crippen LogP) is 4.90. The van der Waals surface area contributed by atoms with Gasteiger partial charge in [0.25, 0.3) is 0 Å². The molecule has 1 aliphatic rings. The number of carbonyl (C=O) groups excluding carboxylic acids is 1. The van der Waals surface area contributed by atoms with Crippen LogP contribution in [0.15, 0.2) is 17.4 Å². The highest BCUT2D eigenvalue weighted by Crippen LogP contribution is 2.35. The number of rotatable bonds is 6. The molecule has 1 N–H and O–H groups in total. The molecule has 7 heteroatoms. The van der Waals surface area contributed by atoms with Gasteiger partial charge in [-0.3, -0.25) is 4.79 Å². The van der Waals surface area contributed by atoms with Crippen LogP contribution in [0.3, 0.4) is 0 Å². The summed E-state index contributed by atoms with van der Waals surface area (Å²) < 4.78 is 4.20. The van der Waals surface area contributed by atoms with Gasteiger partial charge in [0, 0.05) is 23.8 Å². The number of thioether (sulfide) groups is 1. The van der Waals surface area contributed by atoms with Gasteiger partial charge in [0.15, 0.2) is 5.16 Å². The highest BCUT2D eigenvalue weighted by molar-refractivity contribution is 8.00. The number of aromatic nitrogens is 4. The minimum absolute atomic E-state index is 0.0177. The van der Waals surface area contributed by atoms with Crippen LogP contribution >= 0.6 is 11.8 Å². The molecule has 1 aliphatic carbocycles. The lowest BCUT2D eigenvalue weighted by Crippen LogP contribution is -2.25. The van der Waals surface area contributed by atoms with Gasteiger partial charge >= 0.3 is 0 Å². The third kappa shape index (κ3) is 4.39. The Morgan fingerprint density at radius 2 is 1.93 bits per heavy atom. The molecule has 0 aromatic carbocycles. The Hall–Kier alpha value is -1.76. The Bertz CT molecular complexity index is 788. The summed E-state index contributed by atoms with van der Waals surface area (Å²) in [5.41, 5.74) is 2.29. The summed E-state index contributed by atoms with van der Waals surface area (Å²) in [5, 5.41) is 8.03. The van der Waals surface area contributed by atoms with E-state index >= 15 is 0 Å². The Labute approximate surface area is 166 Å².